The molecule has 2 atom stereocenters. The molecule has 0 fully saturated rings. The lowest BCUT2D eigenvalue weighted by atomic mass is 10.1. The molecule has 5 aromatic rings. The summed E-state index contributed by atoms with van der Waals surface area (Å²) in [5.74, 6) is -4.07. The number of hydrogen-bond acceptors (Lipinski definition) is 10. The number of carbonyl (C=O) groups excluding carboxylic acids is 6. The van der Waals surface area contributed by atoms with Crippen LogP contribution in [0.4, 0.5) is 34.1 Å². The van der Waals surface area contributed by atoms with E-state index in [1.165, 1.54) is 60.7 Å². The summed E-state index contributed by atoms with van der Waals surface area (Å²) >= 11 is 37.0. The zero-order valence-corrected chi connectivity index (χ0v) is 37.3. The molecule has 0 bridgehead atoms. The van der Waals surface area contributed by atoms with E-state index in [0.29, 0.717) is 21.2 Å². The standard InChI is InChI=1S/C42H32Cl6N8O6/c1-19-13-32(50-42(62)38(22(4)58)56-54-36-16-24(6-10-30(36)48)40(60)52-34-18-26(44)8-12-28(34)46)20(2)14-31(19)49-41(61)37(21(3)57)55-53-35-15-23(5-9-29(35)47)39(59)51-33-17-25(43)7-11-27(33)45/h5-18,37-38H,1-4H3,(H,49,61)(H,50,62)(H,51,59)(H,52,60). The predicted octanol–water partition coefficient (Wildman–Crippen LogP) is 12.1. The van der Waals surface area contributed by atoms with Crippen molar-refractivity contribution in [3.8, 4) is 0 Å². The summed E-state index contributed by atoms with van der Waals surface area (Å²) in [6.07, 6.45) is 0. The molecule has 318 valence electrons. The number of azo groups is 2. The van der Waals surface area contributed by atoms with Crippen molar-refractivity contribution in [1.82, 2.24) is 0 Å². The van der Waals surface area contributed by atoms with Gasteiger partial charge in [-0.15, -0.1) is 0 Å². The van der Waals surface area contributed by atoms with Gasteiger partial charge in [0.1, 0.15) is 11.4 Å². The van der Waals surface area contributed by atoms with Gasteiger partial charge in [0.2, 0.25) is 12.1 Å². The number of Topliss-reactive ketones (excluding diaryl/α,β-unsaturated/α-hetero) is 2. The minimum Gasteiger partial charge on any atom is -0.324 e. The molecular weight excluding hydrogens is 925 g/mol. The van der Waals surface area contributed by atoms with Crippen molar-refractivity contribution < 1.29 is 28.8 Å². The average molecular weight is 957 g/mol. The fourth-order valence-electron chi connectivity index (χ4n) is 5.40. The molecule has 0 saturated heterocycles. The van der Waals surface area contributed by atoms with E-state index >= 15 is 0 Å². The first-order chi connectivity index (χ1) is 29.3. The Labute approximate surface area is 384 Å². The number of anilines is 4. The van der Waals surface area contributed by atoms with Crippen molar-refractivity contribution in [3.05, 3.63) is 137 Å². The molecule has 0 aliphatic carbocycles. The third-order valence-electron chi connectivity index (χ3n) is 8.69. The predicted molar refractivity (Wildman–Crippen MR) is 243 cm³/mol. The van der Waals surface area contributed by atoms with E-state index in [1.807, 2.05) is 0 Å². The lowest BCUT2D eigenvalue weighted by Crippen LogP contribution is -2.32. The minimum atomic E-state index is -1.61. The maximum Gasteiger partial charge on any atom is 0.258 e. The molecule has 0 heterocycles. The van der Waals surface area contributed by atoms with E-state index in [1.54, 1.807) is 38.1 Å². The zero-order chi connectivity index (χ0) is 45.4. The number of amides is 4. The van der Waals surface area contributed by atoms with Crippen LogP contribution < -0.4 is 21.3 Å². The SMILES string of the molecule is CC(=O)C(N=Nc1cc(C(=O)Nc2cc(Cl)ccc2Cl)ccc1Cl)C(=O)Nc1cc(C)c(NC(=O)C(N=Nc2cc(C(=O)Nc3cc(Cl)ccc3Cl)ccc2Cl)C(C)=O)cc1C. The van der Waals surface area contributed by atoms with Crippen molar-refractivity contribution in [3.63, 3.8) is 0 Å². The largest absolute Gasteiger partial charge is 0.324 e. The highest BCUT2D eigenvalue weighted by Gasteiger charge is 2.27. The monoisotopic (exact) mass is 954 g/mol. The number of ketones is 2. The lowest BCUT2D eigenvalue weighted by Gasteiger charge is -2.16. The van der Waals surface area contributed by atoms with Gasteiger partial charge >= 0.3 is 0 Å². The van der Waals surface area contributed by atoms with Crippen LogP contribution in [0, 0.1) is 13.8 Å². The second kappa shape index (κ2) is 20.9. The first-order valence-electron chi connectivity index (χ1n) is 18.0. The maximum atomic E-state index is 13.4. The Balaban J connectivity index is 1.27. The van der Waals surface area contributed by atoms with Gasteiger partial charge in [-0.05, 0) is 124 Å². The minimum absolute atomic E-state index is 0.00535. The van der Waals surface area contributed by atoms with Crippen LogP contribution in [0.25, 0.3) is 0 Å². The van der Waals surface area contributed by atoms with Crippen molar-refractivity contribution in [1.29, 1.82) is 0 Å². The van der Waals surface area contributed by atoms with Gasteiger partial charge in [-0.25, -0.2) is 0 Å². The first-order valence-corrected chi connectivity index (χ1v) is 20.3. The molecule has 14 nitrogen and oxygen atoms in total. The van der Waals surface area contributed by atoms with Gasteiger partial charge in [-0.2, -0.15) is 20.5 Å². The topological polar surface area (TPSA) is 200 Å². The van der Waals surface area contributed by atoms with Crippen LogP contribution in [0.1, 0.15) is 45.7 Å². The highest BCUT2D eigenvalue weighted by atomic mass is 35.5. The summed E-state index contributed by atoms with van der Waals surface area (Å²) in [7, 11) is 0. The van der Waals surface area contributed by atoms with Crippen molar-refractivity contribution in [2.24, 2.45) is 20.5 Å². The molecule has 20 heteroatoms. The normalized spacial score (nSPS) is 12.2. The molecule has 0 aromatic heterocycles. The quantitative estimate of drug-likeness (QED) is 0.0630. The molecule has 0 aliphatic rings. The Hall–Kier alpha value is -5.74. The van der Waals surface area contributed by atoms with Gasteiger partial charge in [-0.3, -0.25) is 28.8 Å². The second-order valence-electron chi connectivity index (χ2n) is 13.4. The summed E-state index contributed by atoms with van der Waals surface area (Å²) < 4.78 is 0. The molecule has 0 spiro atoms. The van der Waals surface area contributed by atoms with Crippen LogP contribution in [-0.4, -0.2) is 47.3 Å². The molecule has 5 rings (SSSR count). The number of benzene rings is 5. The van der Waals surface area contributed by atoms with Gasteiger partial charge in [0.15, 0.2) is 11.6 Å². The van der Waals surface area contributed by atoms with Gasteiger partial charge in [0.05, 0.1) is 31.5 Å². The van der Waals surface area contributed by atoms with Crippen LogP contribution in [0.5, 0.6) is 0 Å². The number of rotatable bonds is 14. The molecule has 5 aromatic carbocycles. The van der Waals surface area contributed by atoms with E-state index in [9.17, 15) is 28.8 Å². The molecule has 0 radical (unpaired) electrons. The molecule has 62 heavy (non-hydrogen) atoms. The van der Waals surface area contributed by atoms with Crippen LogP contribution >= 0.6 is 69.6 Å². The van der Waals surface area contributed by atoms with Crippen LogP contribution in [0.2, 0.25) is 30.1 Å². The van der Waals surface area contributed by atoms with E-state index in [2.05, 4.69) is 41.7 Å². The Bertz CT molecular complexity index is 2530. The first kappa shape index (κ1) is 47.3. The zero-order valence-electron chi connectivity index (χ0n) is 32.7. The molecule has 2 unspecified atom stereocenters. The van der Waals surface area contributed by atoms with Crippen molar-refractivity contribution >= 4 is 139 Å². The van der Waals surface area contributed by atoms with Crippen molar-refractivity contribution in [2.45, 2.75) is 39.8 Å². The number of halogens is 6. The van der Waals surface area contributed by atoms with E-state index in [-0.39, 0.29) is 65.3 Å². The highest BCUT2D eigenvalue weighted by molar-refractivity contribution is 6.37. The fourth-order valence-corrected chi connectivity index (χ4v) is 6.39. The summed E-state index contributed by atoms with van der Waals surface area (Å²) in [4.78, 5) is 77.9. The van der Waals surface area contributed by atoms with Crippen LogP contribution in [0.15, 0.2) is 105 Å². The summed E-state index contributed by atoms with van der Waals surface area (Å²) in [5.41, 5.74) is 2.28. The Morgan fingerprint density at radius 3 is 1.16 bits per heavy atom. The number of nitrogens with zero attached hydrogens (tertiary/aromatic N) is 4. The third kappa shape index (κ3) is 12.2. The molecule has 4 amide bonds. The Morgan fingerprint density at radius 2 is 0.806 bits per heavy atom. The van der Waals surface area contributed by atoms with Gasteiger partial charge in [0.25, 0.3) is 23.6 Å². The summed E-state index contributed by atoms with van der Waals surface area (Å²) in [6.45, 7) is 5.58. The molecule has 4 N–H and O–H groups in total. The number of aryl methyl sites for hydroxylation is 2. The summed E-state index contributed by atoms with van der Waals surface area (Å²) in [5, 5.41) is 28.0. The average Bonchev–Trinajstić information content (AvgIpc) is 3.20. The lowest BCUT2D eigenvalue weighted by molar-refractivity contribution is -0.127. The second-order valence-corrected chi connectivity index (χ2v) is 15.9. The Morgan fingerprint density at radius 1 is 0.452 bits per heavy atom. The number of hydrogen-bond donors (Lipinski definition) is 4. The number of nitrogens with one attached hydrogen (secondary N) is 4. The van der Waals surface area contributed by atoms with Gasteiger partial charge in [0, 0.05) is 32.5 Å². The van der Waals surface area contributed by atoms with Gasteiger partial charge in [-0.1, -0.05) is 69.6 Å². The molecule has 0 aliphatic heterocycles. The summed E-state index contributed by atoms with van der Waals surface area (Å²) in [6, 6.07) is 17.3. The van der Waals surface area contributed by atoms with Crippen molar-refractivity contribution in [2.75, 3.05) is 21.3 Å². The maximum absolute atomic E-state index is 13.4. The number of carbonyl (C=O) groups is 6. The Kier molecular flexibility index (Phi) is 15.9. The van der Waals surface area contributed by atoms with Crippen LogP contribution in [0.3, 0.4) is 0 Å². The molecular formula is C42H32Cl6N8O6. The third-order valence-corrected chi connectivity index (χ3v) is 10.5. The fraction of sp³-hybridized carbons (Fsp3) is 0.143. The smallest absolute Gasteiger partial charge is 0.258 e. The van der Waals surface area contributed by atoms with Crippen LogP contribution in [-0.2, 0) is 19.2 Å². The van der Waals surface area contributed by atoms with E-state index in [0.717, 1.165) is 13.8 Å². The highest BCUT2D eigenvalue weighted by Crippen LogP contribution is 2.32. The van der Waals surface area contributed by atoms with E-state index in [4.69, 9.17) is 69.6 Å². The molecule has 0 saturated carbocycles. The van der Waals surface area contributed by atoms with Gasteiger partial charge < -0.3 is 21.3 Å². The van der Waals surface area contributed by atoms with E-state index < -0.39 is 47.3 Å².